The highest BCUT2D eigenvalue weighted by Crippen LogP contribution is 2.37. The van der Waals surface area contributed by atoms with Gasteiger partial charge in [-0.15, -0.1) is 0 Å². The molecule has 0 bridgehead atoms. The standard InChI is InChI=1S/C19H19BrN2O2/c1-12(2)19(24)22-11-17(23)21-16-9-8-14(20)10-15(16)18(22)13-6-4-3-5-7-13/h3-10,12,18H,11H2,1-2H3,(H,21,23)/t18-/m1/s1. The van der Waals surface area contributed by atoms with Crippen molar-refractivity contribution in [2.24, 2.45) is 5.92 Å². The minimum absolute atomic E-state index is 0.0353. The average molecular weight is 387 g/mol. The van der Waals surface area contributed by atoms with Gasteiger partial charge >= 0.3 is 0 Å². The minimum atomic E-state index is -0.299. The van der Waals surface area contributed by atoms with Gasteiger partial charge in [0.2, 0.25) is 11.8 Å². The molecule has 1 N–H and O–H groups in total. The molecule has 1 heterocycles. The summed E-state index contributed by atoms with van der Waals surface area (Å²) < 4.78 is 0.912. The molecule has 3 rings (SSSR count). The zero-order valence-corrected chi connectivity index (χ0v) is 15.2. The first-order valence-electron chi connectivity index (χ1n) is 7.92. The third kappa shape index (κ3) is 3.22. The van der Waals surface area contributed by atoms with E-state index in [2.05, 4.69) is 21.2 Å². The number of amides is 2. The summed E-state index contributed by atoms with van der Waals surface area (Å²) in [6.45, 7) is 3.76. The highest BCUT2D eigenvalue weighted by atomic mass is 79.9. The van der Waals surface area contributed by atoms with Crippen molar-refractivity contribution < 1.29 is 9.59 Å². The smallest absolute Gasteiger partial charge is 0.244 e. The number of nitrogens with one attached hydrogen (secondary N) is 1. The van der Waals surface area contributed by atoms with Gasteiger partial charge in [0, 0.05) is 21.6 Å². The molecular formula is C19H19BrN2O2. The Labute approximate surface area is 150 Å². The maximum Gasteiger partial charge on any atom is 0.244 e. The van der Waals surface area contributed by atoms with E-state index in [1.165, 1.54) is 0 Å². The molecule has 0 fully saturated rings. The summed E-state index contributed by atoms with van der Waals surface area (Å²) in [6, 6.07) is 15.3. The van der Waals surface area contributed by atoms with Crippen LogP contribution in [0.5, 0.6) is 0 Å². The molecule has 0 unspecified atom stereocenters. The molecule has 2 amide bonds. The summed E-state index contributed by atoms with van der Waals surface area (Å²) in [5.41, 5.74) is 2.65. The summed E-state index contributed by atoms with van der Waals surface area (Å²) in [6.07, 6.45) is 0. The first-order chi connectivity index (χ1) is 11.5. The Morgan fingerprint density at radius 1 is 1.21 bits per heavy atom. The second-order valence-electron chi connectivity index (χ2n) is 6.21. The first kappa shape index (κ1) is 16.7. The predicted octanol–water partition coefficient (Wildman–Crippen LogP) is 3.98. The maximum atomic E-state index is 12.8. The van der Waals surface area contributed by atoms with Gasteiger partial charge in [-0.3, -0.25) is 9.59 Å². The van der Waals surface area contributed by atoms with Gasteiger partial charge in [0.25, 0.3) is 0 Å². The monoisotopic (exact) mass is 386 g/mol. The maximum absolute atomic E-state index is 12.8. The topological polar surface area (TPSA) is 49.4 Å². The van der Waals surface area contributed by atoms with E-state index in [9.17, 15) is 9.59 Å². The highest BCUT2D eigenvalue weighted by molar-refractivity contribution is 9.10. The van der Waals surface area contributed by atoms with Gasteiger partial charge in [-0.05, 0) is 23.8 Å². The molecule has 0 aliphatic carbocycles. The van der Waals surface area contributed by atoms with E-state index >= 15 is 0 Å². The van der Waals surface area contributed by atoms with Crippen LogP contribution in [-0.2, 0) is 9.59 Å². The minimum Gasteiger partial charge on any atom is -0.324 e. The van der Waals surface area contributed by atoms with Crippen molar-refractivity contribution in [3.05, 3.63) is 64.1 Å². The van der Waals surface area contributed by atoms with Crippen molar-refractivity contribution in [2.45, 2.75) is 19.9 Å². The van der Waals surface area contributed by atoms with Crippen LogP contribution in [0.15, 0.2) is 53.0 Å². The quantitative estimate of drug-likeness (QED) is 0.848. The molecule has 24 heavy (non-hydrogen) atoms. The highest BCUT2D eigenvalue weighted by Gasteiger charge is 2.34. The number of benzene rings is 2. The van der Waals surface area contributed by atoms with Gasteiger partial charge in [-0.25, -0.2) is 0 Å². The third-order valence-electron chi connectivity index (χ3n) is 4.10. The van der Waals surface area contributed by atoms with Crippen molar-refractivity contribution >= 4 is 33.4 Å². The van der Waals surface area contributed by atoms with E-state index in [0.717, 1.165) is 21.3 Å². The van der Waals surface area contributed by atoms with Crippen LogP contribution in [-0.4, -0.2) is 23.3 Å². The number of carbonyl (C=O) groups excluding carboxylic acids is 2. The largest absolute Gasteiger partial charge is 0.324 e. The SMILES string of the molecule is CC(C)C(=O)N1CC(=O)Nc2ccc(Br)cc2[C@H]1c1ccccc1. The van der Waals surface area contributed by atoms with Crippen LogP contribution in [0.2, 0.25) is 0 Å². The van der Waals surface area contributed by atoms with E-state index in [-0.39, 0.29) is 30.3 Å². The average Bonchev–Trinajstić information content (AvgIpc) is 2.70. The molecule has 0 saturated heterocycles. The van der Waals surface area contributed by atoms with E-state index in [4.69, 9.17) is 0 Å². The Morgan fingerprint density at radius 2 is 1.92 bits per heavy atom. The van der Waals surface area contributed by atoms with E-state index in [1.807, 2.05) is 62.4 Å². The molecule has 0 aromatic heterocycles. The van der Waals surface area contributed by atoms with Crippen molar-refractivity contribution in [1.82, 2.24) is 4.90 Å². The molecule has 2 aromatic carbocycles. The number of anilines is 1. The molecule has 0 radical (unpaired) electrons. The lowest BCUT2D eigenvalue weighted by Crippen LogP contribution is -2.41. The summed E-state index contributed by atoms with van der Waals surface area (Å²) in [5.74, 6) is -0.393. The summed E-state index contributed by atoms with van der Waals surface area (Å²) >= 11 is 3.50. The van der Waals surface area contributed by atoms with Crippen LogP contribution < -0.4 is 5.32 Å². The lowest BCUT2D eigenvalue weighted by atomic mass is 9.95. The Kier molecular flexibility index (Phi) is 4.71. The second-order valence-corrected chi connectivity index (χ2v) is 7.13. The van der Waals surface area contributed by atoms with Crippen LogP contribution >= 0.6 is 15.9 Å². The van der Waals surface area contributed by atoms with Gasteiger partial charge in [0.05, 0.1) is 6.04 Å². The van der Waals surface area contributed by atoms with E-state index in [0.29, 0.717) is 0 Å². The molecule has 2 aromatic rings. The molecular weight excluding hydrogens is 368 g/mol. The third-order valence-corrected chi connectivity index (χ3v) is 4.59. The summed E-state index contributed by atoms with van der Waals surface area (Å²) in [5, 5.41) is 2.92. The second kappa shape index (κ2) is 6.77. The van der Waals surface area contributed by atoms with Crippen LogP contribution in [0, 0.1) is 5.92 Å². The van der Waals surface area contributed by atoms with E-state index < -0.39 is 0 Å². The number of carbonyl (C=O) groups is 2. The fourth-order valence-electron chi connectivity index (χ4n) is 3.01. The molecule has 1 aliphatic rings. The van der Waals surface area contributed by atoms with Crippen LogP contribution in [0.4, 0.5) is 5.69 Å². The zero-order chi connectivity index (χ0) is 17.3. The first-order valence-corrected chi connectivity index (χ1v) is 8.71. The van der Waals surface area contributed by atoms with Gasteiger partial charge in [-0.1, -0.05) is 60.1 Å². The Morgan fingerprint density at radius 3 is 2.58 bits per heavy atom. The van der Waals surface area contributed by atoms with Crippen LogP contribution in [0.25, 0.3) is 0 Å². The number of rotatable bonds is 2. The molecule has 1 atom stereocenters. The zero-order valence-electron chi connectivity index (χ0n) is 13.6. The van der Waals surface area contributed by atoms with E-state index in [1.54, 1.807) is 4.90 Å². The van der Waals surface area contributed by atoms with Crippen molar-refractivity contribution in [3.63, 3.8) is 0 Å². The fourth-order valence-corrected chi connectivity index (χ4v) is 3.39. The van der Waals surface area contributed by atoms with Crippen molar-refractivity contribution in [1.29, 1.82) is 0 Å². The van der Waals surface area contributed by atoms with Crippen molar-refractivity contribution in [3.8, 4) is 0 Å². The van der Waals surface area contributed by atoms with Gasteiger partial charge in [0.1, 0.15) is 6.54 Å². The van der Waals surface area contributed by atoms with Gasteiger partial charge in [0.15, 0.2) is 0 Å². The molecule has 4 nitrogen and oxygen atoms in total. The Hall–Kier alpha value is -2.14. The predicted molar refractivity (Wildman–Crippen MR) is 97.6 cm³/mol. The molecule has 0 saturated carbocycles. The number of hydrogen-bond donors (Lipinski definition) is 1. The number of halogens is 1. The van der Waals surface area contributed by atoms with Crippen molar-refractivity contribution in [2.75, 3.05) is 11.9 Å². The van der Waals surface area contributed by atoms with Crippen LogP contribution in [0.3, 0.4) is 0 Å². The number of nitrogens with zero attached hydrogens (tertiary/aromatic N) is 1. The number of fused-ring (bicyclic) bond motifs is 1. The fraction of sp³-hybridized carbons (Fsp3) is 0.263. The Balaban J connectivity index is 2.21. The molecule has 1 aliphatic heterocycles. The van der Waals surface area contributed by atoms with Crippen LogP contribution in [0.1, 0.15) is 31.0 Å². The Bertz CT molecular complexity index is 774. The number of hydrogen-bond acceptors (Lipinski definition) is 2. The molecule has 124 valence electrons. The lowest BCUT2D eigenvalue weighted by Gasteiger charge is -2.32. The summed E-state index contributed by atoms with van der Waals surface area (Å²) in [4.78, 5) is 26.8. The lowest BCUT2D eigenvalue weighted by molar-refractivity contribution is -0.139. The summed E-state index contributed by atoms with van der Waals surface area (Å²) in [7, 11) is 0. The van der Waals surface area contributed by atoms with Gasteiger partial charge in [-0.2, -0.15) is 0 Å². The van der Waals surface area contributed by atoms with Gasteiger partial charge < -0.3 is 10.2 Å². The normalized spacial score (nSPS) is 17.2. The molecule has 5 heteroatoms. The molecule has 0 spiro atoms.